The fourth-order valence-corrected chi connectivity index (χ4v) is 3.17. The maximum absolute atomic E-state index is 9.17. The molecule has 2 aromatic carbocycles. The molecule has 1 unspecified atom stereocenters. The van der Waals surface area contributed by atoms with E-state index in [1.807, 2.05) is 37.4 Å². The van der Waals surface area contributed by atoms with Gasteiger partial charge in [0.25, 0.3) is 0 Å². The fourth-order valence-electron chi connectivity index (χ4n) is 3.17. The van der Waals surface area contributed by atoms with E-state index in [4.69, 9.17) is 14.7 Å². The molecule has 2 heterocycles. The summed E-state index contributed by atoms with van der Waals surface area (Å²) < 4.78 is 13.9. The molecule has 0 fully saturated rings. The third-order valence-electron chi connectivity index (χ3n) is 4.32. The summed E-state index contributed by atoms with van der Waals surface area (Å²) in [6, 6.07) is 15.8. The summed E-state index contributed by atoms with van der Waals surface area (Å²) in [5.41, 5.74) is 3.35. The van der Waals surface area contributed by atoms with Gasteiger partial charge in [-0.25, -0.2) is 4.98 Å². The van der Waals surface area contributed by atoms with Gasteiger partial charge in [-0.2, -0.15) is 5.26 Å². The Balaban J connectivity index is 1.61. The van der Waals surface area contributed by atoms with E-state index in [2.05, 4.69) is 20.9 Å². The van der Waals surface area contributed by atoms with Crippen molar-refractivity contribution in [1.82, 2.24) is 9.55 Å². The molecule has 1 aromatic heterocycles. The third-order valence-corrected chi connectivity index (χ3v) is 4.32. The Morgan fingerprint density at radius 3 is 2.96 bits per heavy atom. The van der Waals surface area contributed by atoms with Crippen LogP contribution >= 0.6 is 0 Å². The van der Waals surface area contributed by atoms with Crippen molar-refractivity contribution in [3.05, 3.63) is 53.6 Å². The number of hydrogen-bond acceptors (Lipinski definition) is 5. The predicted octanol–water partition coefficient (Wildman–Crippen LogP) is 3.10. The maximum Gasteiger partial charge on any atom is 0.204 e. The Bertz CT molecular complexity index is 943. The predicted molar refractivity (Wildman–Crippen MR) is 94.6 cm³/mol. The van der Waals surface area contributed by atoms with E-state index in [1.54, 1.807) is 12.1 Å². The molecule has 0 saturated heterocycles. The van der Waals surface area contributed by atoms with Crippen LogP contribution in [0.3, 0.4) is 0 Å². The highest BCUT2D eigenvalue weighted by atomic mass is 16.5. The lowest BCUT2D eigenvalue weighted by Crippen LogP contribution is -2.27. The second-order valence-corrected chi connectivity index (χ2v) is 5.97. The summed E-state index contributed by atoms with van der Waals surface area (Å²) in [6.45, 7) is 1.57. The number of nitriles is 1. The first kappa shape index (κ1) is 15.5. The number of anilines is 1. The number of aromatic nitrogens is 2. The van der Waals surface area contributed by atoms with Crippen LogP contribution in [0.1, 0.15) is 17.2 Å². The number of imidazole rings is 1. The fraction of sp³-hybridized carbons (Fsp3) is 0.263. The number of rotatable bonds is 5. The molecule has 6 nitrogen and oxygen atoms in total. The lowest BCUT2D eigenvalue weighted by molar-refractivity contribution is 0.0695. The Morgan fingerprint density at radius 1 is 1.36 bits per heavy atom. The molecule has 1 atom stereocenters. The van der Waals surface area contributed by atoms with E-state index in [-0.39, 0.29) is 6.04 Å². The molecule has 0 saturated carbocycles. The van der Waals surface area contributed by atoms with Crippen molar-refractivity contribution in [2.45, 2.75) is 12.6 Å². The van der Waals surface area contributed by atoms with Crippen LogP contribution in [0.5, 0.6) is 5.75 Å². The van der Waals surface area contributed by atoms with Crippen LogP contribution in [0.15, 0.2) is 42.5 Å². The van der Waals surface area contributed by atoms with Crippen LogP contribution in [0, 0.1) is 11.3 Å². The highest BCUT2D eigenvalue weighted by molar-refractivity contribution is 5.87. The van der Waals surface area contributed by atoms with Gasteiger partial charge in [-0.3, -0.25) is 4.57 Å². The summed E-state index contributed by atoms with van der Waals surface area (Å²) in [6.07, 6.45) is 0. The van der Waals surface area contributed by atoms with Crippen molar-refractivity contribution in [2.75, 3.05) is 25.6 Å². The molecule has 126 valence electrons. The van der Waals surface area contributed by atoms with Crippen LogP contribution < -0.4 is 10.1 Å². The van der Waals surface area contributed by atoms with Gasteiger partial charge in [-0.1, -0.05) is 30.3 Å². The van der Waals surface area contributed by atoms with E-state index in [0.717, 1.165) is 22.5 Å². The minimum atomic E-state index is 0.0246. The Hall–Kier alpha value is -3.04. The minimum absolute atomic E-state index is 0.0246. The molecule has 0 aliphatic carbocycles. The van der Waals surface area contributed by atoms with Crippen molar-refractivity contribution >= 4 is 17.0 Å². The molecular weight excluding hydrogens is 316 g/mol. The first-order valence-electron chi connectivity index (χ1n) is 8.18. The minimum Gasteiger partial charge on any atom is -0.489 e. The van der Waals surface area contributed by atoms with Gasteiger partial charge in [-0.05, 0) is 11.6 Å². The zero-order valence-corrected chi connectivity index (χ0v) is 13.9. The number of ether oxygens (including phenoxy) is 2. The van der Waals surface area contributed by atoms with Gasteiger partial charge in [0.2, 0.25) is 5.95 Å². The van der Waals surface area contributed by atoms with Crippen LogP contribution in [-0.2, 0) is 11.3 Å². The molecule has 6 heteroatoms. The molecule has 4 rings (SSSR count). The second kappa shape index (κ2) is 6.46. The van der Waals surface area contributed by atoms with Gasteiger partial charge < -0.3 is 14.8 Å². The number of hydrogen-bond donors (Lipinski definition) is 1. The largest absolute Gasteiger partial charge is 0.489 e. The highest BCUT2D eigenvalue weighted by Crippen LogP contribution is 2.36. The molecule has 0 radical (unpaired) electrons. The molecule has 1 N–H and O–H groups in total. The maximum atomic E-state index is 9.17. The van der Waals surface area contributed by atoms with Crippen LogP contribution in [0.25, 0.3) is 11.0 Å². The topological polar surface area (TPSA) is 72.1 Å². The van der Waals surface area contributed by atoms with Gasteiger partial charge in [0.05, 0.1) is 36.4 Å². The molecule has 1 aliphatic heterocycles. The Labute approximate surface area is 145 Å². The van der Waals surface area contributed by atoms with Gasteiger partial charge in [0.1, 0.15) is 17.9 Å². The molecule has 0 amide bonds. The van der Waals surface area contributed by atoms with E-state index in [0.29, 0.717) is 31.1 Å². The van der Waals surface area contributed by atoms with Crippen molar-refractivity contribution in [1.29, 1.82) is 5.26 Å². The lowest BCUT2D eigenvalue weighted by atomic mass is 10.1. The smallest absolute Gasteiger partial charge is 0.204 e. The van der Waals surface area contributed by atoms with E-state index >= 15 is 0 Å². The highest BCUT2D eigenvalue weighted by Gasteiger charge is 2.27. The first-order chi connectivity index (χ1) is 12.3. The monoisotopic (exact) mass is 334 g/mol. The summed E-state index contributed by atoms with van der Waals surface area (Å²) in [5, 5.41) is 12.3. The molecule has 1 aliphatic rings. The number of nitrogens with zero attached hydrogens (tertiary/aromatic N) is 3. The van der Waals surface area contributed by atoms with Crippen molar-refractivity contribution < 1.29 is 9.47 Å². The average Bonchev–Trinajstić information content (AvgIpc) is 3.04. The van der Waals surface area contributed by atoms with Crippen molar-refractivity contribution in [3.63, 3.8) is 0 Å². The van der Waals surface area contributed by atoms with E-state index < -0.39 is 0 Å². The van der Waals surface area contributed by atoms with Gasteiger partial charge in [-0.15, -0.1) is 0 Å². The Kier molecular flexibility index (Phi) is 4.00. The number of benzene rings is 2. The summed E-state index contributed by atoms with van der Waals surface area (Å²) in [5.74, 6) is 1.45. The first-order valence-corrected chi connectivity index (χ1v) is 8.18. The van der Waals surface area contributed by atoms with Crippen molar-refractivity contribution in [3.8, 4) is 11.8 Å². The van der Waals surface area contributed by atoms with E-state index in [1.165, 1.54) is 0 Å². The van der Waals surface area contributed by atoms with E-state index in [9.17, 15) is 0 Å². The molecule has 25 heavy (non-hydrogen) atoms. The van der Waals surface area contributed by atoms with Gasteiger partial charge in [0.15, 0.2) is 0 Å². The quantitative estimate of drug-likeness (QED) is 0.776. The molecule has 3 aromatic rings. The summed E-state index contributed by atoms with van der Waals surface area (Å²) in [7, 11) is 1.84. The normalized spacial score (nSPS) is 15.6. The second-order valence-electron chi connectivity index (χ2n) is 5.97. The zero-order valence-electron chi connectivity index (χ0n) is 13.9. The van der Waals surface area contributed by atoms with Crippen LogP contribution in [0.2, 0.25) is 0 Å². The van der Waals surface area contributed by atoms with Gasteiger partial charge >= 0.3 is 0 Å². The Morgan fingerprint density at radius 2 is 2.20 bits per heavy atom. The summed E-state index contributed by atoms with van der Waals surface area (Å²) >= 11 is 0. The molecule has 0 spiro atoms. The standard InChI is InChI=1S/C19H18N4O2/c1-21-19-22-16-7-14(9-20)8-17-18(16)23(19)15(12-25-17)11-24-10-13-5-3-2-4-6-13/h2-8,15H,10-12H2,1H3,(H,21,22). The van der Waals surface area contributed by atoms with Crippen LogP contribution in [-0.4, -0.2) is 29.8 Å². The molecular formula is C19H18N4O2. The number of nitrogens with one attached hydrogen (secondary N) is 1. The lowest BCUT2D eigenvalue weighted by Gasteiger charge is -2.27. The zero-order chi connectivity index (χ0) is 17.2. The third kappa shape index (κ3) is 2.79. The summed E-state index contributed by atoms with van der Waals surface area (Å²) in [4.78, 5) is 4.59. The van der Waals surface area contributed by atoms with Crippen LogP contribution in [0.4, 0.5) is 5.95 Å². The van der Waals surface area contributed by atoms with Gasteiger partial charge in [0, 0.05) is 13.1 Å². The molecule has 0 bridgehead atoms. The SMILES string of the molecule is CNc1nc2cc(C#N)cc3c2n1C(COCc1ccccc1)CO3. The average molecular weight is 334 g/mol. The van der Waals surface area contributed by atoms with Crippen molar-refractivity contribution in [2.24, 2.45) is 0 Å².